The number of benzene rings is 1. The molecule has 6 heteroatoms. The van der Waals surface area contributed by atoms with Crippen molar-refractivity contribution in [2.24, 2.45) is 0 Å². The number of hydrogen-bond donors (Lipinski definition) is 2. The number of β-amino-alcohol motifs (C(OH)–C–C–N with tert-alkyl or cyclic N) is 1. The van der Waals surface area contributed by atoms with E-state index in [4.69, 9.17) is 14.6 Å². The third kappa shape index (κ3) is 1.87. The van der Waals surface area contributed by atoms with Gasteiger partial charge < -0.3 is 24.8 Å². The van der Waals surface area contributed by atoms with Crippen LogP contribution in [0.25, 0.3) is 0 Å². The summed E-state index contributed by atoms with van der Waals surface area (Å²) in [5, 5.41) is 11.8. The largest absolute Gasteiger partial charge is 0.454 e. The normalized spacial score (nSPS) is 17.8. The fourth-order valence-corrected chi connectivity index (χ4v) is 1.80. The van der Waals surface area contributed by atoms with Crippen LogP contribution in [-0.2, 0) is 0 Å². The zero-order valence-corrected chi connectivity index (χ0v) is 9.05. The Hall–Kier alpha value is -1.95. The Bertz CT molecular complexity index is 457. The summed E-state index contributed by atoms with van der Waals surface area (Å²) >= 11 is 0. The van der Waals surface area contributed by atoms with Gasteiger partial charge in [-0.05, 0) is 12.1 Å². The van der Waals surface area contributed by atoms with Crippen LogP contribution in [0.3, 0.4) is 0 Å². The number of urea groups is 1. The van der Waals surface area contributed by atoms with E-state index in [0.717, 1.165) is 0 Å². The molecule has 1 aromatic rings. The maximum atomic E-state index is 11.7. The highest BCUT2D eigenvalue weighted by molar-refractivity contribution is 5.90. The molecule has 2 aliphatic rings. The fourth-order valence-electron chi connectivity index (χ4n) is 1.80. The lowest BCUT2D eigenvalue weighted by atomic mass is 10.2. The van der Waals surface area contributed by atoms with Gasteiger partial charge in [0.25, 0.3) is 0 Å². The van der Waals surface area contributed by atoms with E-state index in [9.17, 15) is 4.79 Å². The lowest BCUT2D eigenvalue weighted by molar-refractivity contribution is 0.0309. The number of hydrogen-bond acceptors (Lipinski definition) is 4. The first-order valence-electron chi connectivity index (χ1n) is 5.36. The molecular formula is C11H12N2O4. The second-order valence-electron chi connectivity index (χ2n) is 4.06. The van der Waals surface area contributed by atoms with Gasteiger partial charge in [-0.25, -0.2) is 4.79 Å². The number of ether oxygens (including phenoxy) is 2. The molecule has 2 heterocycles. The summed E-state index contributed by atoms with van der Waals surface area (Å²) in [6.45, 7) is 0.984. The number of nitrogens with zero attached hydrogens (tertiary/aromatic N) is 1. The third-order valence-corrected chi connectivity index (χ3v) is 2.77. The molecule has 0 spiro atoms. The highest BCUT2D eigenvalue weighted by Crippen LogP contribution is 2.34. The number of fused-ring (bicyclic) bond motifs is 1. The van der Waals surface area contributed by atoms with Crippen molar-refractivity contribution in [2.75, 3.05) is 25.2 Å². The van der Waals surface area contributed by atoms with E-state index in [0.29, 0.717) is 30.3 Å². The molecule has 2 aliphatic heterocycles. The molecule has 1 aromatic carbocycles. The number of carbonyl (C=O) groups excluding carboxylic acids is 1. The molecule has 0 atom stereocenters. The molecule has 0 unspecified atom stereocenters. The molecule has 2 N–H and O–H groups in total. The predicted molar refractivity (Wildman–Crippen MR) is 59.2 cm³/mol. The number of amides is 2. The smallest absolute Gasteiger partial charge is 0.322 e. The van der Waals surface area contributed by atoms with Crippen LogP contribution >= 0.6 is 0 Å². The van der Waals surface area contributed by atoms with Crippen LogP contribution in [0.2, 0.25) is 0 Å². The minimum Gasteiger partial charge on any atom is -0.454 e. The Morgan fingerprint density at radius 3 is 2.88 bits per heavy atom. The molecule has 0 aliphatic carbocycles. The summed E-state index contributed by atoms with van der Waals surface area (Å²) in [6.07, 6.45) is -0.391. The van der Waals surface area contributed by atoms with Crippen LogP contribution in [-0.4, -0.2) is 42.0 Å². The summed E-state index contributed by atoms with van der Waals surface area (Å²) < 4.78 is 10.4. The fraction of sp³-hybridized carbons (Fsp3) is 0.364. The summed E-state index contributed by atoms with van der Waals surface area (Å²) in [4.78, 5) is 13.2. The van der Waals surface area contributed by atoms with E-state index in [-0.39, 0.29) is 12.8 Å². The zero-order valence-electron chi connectivity index (χ0n) is 9.05. The van der Waals surface area contributed by atoms with Crippen LogP contribution in [0.1, 0.15) is 0 Å². The SMILES string of the molecule is O=C(Nc1ccc2c(c1)OCO2)N1CC(O)C1. The Labute approximate surface area is 97.7 Å². The molecule has 0 bridgehead atoms. The van der Waals surface area contributed by atoms with Gasteiger partial charge in [-0.15, -0.1) is 0 Å². The van der Waals surface area contributed by atoms with Gasteiger partial charge in [0, 0.05) is 11.8 Å². The van der Waals surface area contributed by atoms with Gasteiger partial charge in [-0.1, -0.05) is 0 Å². The van der Waals surface area contributed by atoms with E-state index in [1.54, 1.807) is 18.2 Å². The molecule has 0 aromatic heterocycles. The number of anilines is 1. The van der Waals surface area contributed by atoms with Crippen LogP contribution in [0.4, 0.5) is 10.5 Å². The average molecular weight is 236 g/mol. The van der Waals surface area contributed by atoms with Gasteiger partial charge in [0.15, 0.2) is 11.5 Å². The molecule has 6 nitrogen and oxygen atoms in total. The van der Waals surface area contributed by atoms with Crippen molar-refractivity contribution in [3.63, 3.8) is 0 Å². The van der Waals surface area contributed by atoms with Gasteiger partial charge in [0.05, 0.1) is 19.2 Å². The van der Waals surface area contributed by atoms with Crippen molar-refractivity contribution in [2.45, 2.75) is 6.10 Å². The maximum Gasteiger partial charge on any atom is 0.322 e. The Kier molecular flexibility index (Phi) is 2.29. The van der Waals surface area contributed by atoms with E-state index in [2.05, 4.69) is 5.32 Å². The summed E-state index contributed by atoms with van der Waals surface area (Å²) in [7, 11) is 0. The first kappa shape index (κ1) is 10.2. The molecule has 0 saturated carbocycles. The topological polar surface area (TPSA) is 71.0 Å². The number of aliphatic hydroxyl groups excluding tert-OH is 1. The Morgan fingerprint density at radius 2 is 2.12 bits per heavy atom. The van der Waals surface area contributed by atoms with E-state index in [1.165, 1.54) is 4.90 Å². The highest BCUT2D eigenvalue weighted by Gasteiger charge is 2.28. The summed E-state index contributed by atoms with van der Waals surface area (Å²) in [5.41, 5.74) is 0.653. The van der Waals surface area contributed by atoms with Crippen molar-refractivity contribution in [1.82, 2.24) is 4.90 Å². The van der Waals surface area contributed by atoms with Crippen molar-refractivity contribution in [3.8, 4) is 11.5 Å². The monoisotopic (exact) mass is 236 g/mol. The highest BCUT2D eigenvalue weighted by atomic mass is 16.7. The summed E-state index contributed by atoms with van der Waals surface area (Å²) in [5.74, 6) is 1.31. The quantitative estimate of drug-likeness (QED) is 0.750. The molecule has 0 radical (unpaired) electrons. The van der Waals surface area contributed by atoms with Crippen molar-refractivity contribution >= 4 is 11.7 Å². The summed E-state index contributed by atoms with van der Waals surface area (Å²) in [6, 6.07) is 5.01. The molecule has 1 saturated heterocycles. The van der Waals surface area contributed by atoms with Gasteiger partial charge >= 0.3 is 6.03 Å². The first-order valence-corrected chi connectivity index (χ1v) is 5.36. The molecule has 17 heavy (non-hydrogen) atoms. The van der Waals surface area contributed by atoms with Crippen LogP contribution in [0.5, 0.6) is 11.5 Å². The Morgan fingerprint density at radius 1 is 1.35 bits per heavy atom. The van der Waals surface area contributed by atoms with E-state index >= 15 is 0 Å². The number of likely N-dealkylation sites (tertiary alicyclic amines) is 1. The first-order chi connectivity index (χ1) is 8.22. The van der Waals surface area contributed by atoms with Gasteiger partial charge in [-0.3, -0.25) is 0 Å². The lowest BCUT2D eigenvalue weighted by Gasteiger charge is -2.35. The lowest BCUT2D eigenvalue weighted by Crippen LogP contribution is -2.54. The van der Waals surface area contributed by atoms with Gasteiger partial charge in [0.1, 0.15) is 0 Å². The van der Waals surface area contributed by atoms with E-state index in [1.807, 2.05) is 0 Å². The second-order valence-corrected chi connectivity index (χ2v) is 4.06. The zero-order chi connectivity index (χ0) is 11.8. The number of aliphatic hydroxyl groups is 1. The van der Waals surface area contributed by atoms with Crippen molar-refractivity contribution < 1.29 is 19.4 Å². The number of carbonyl (C=O) groups is 1. The van der Waals surface area contributed by atoms with Crippen LogP contribution in [0.15, 0.2) is 18.2 Å². The molecular weight excluding hydrogens is 224 g/mol. The molecule has 3 rings (SSSR count). The van der Waals surface area contributed by atoms with Crippen molar-refractivity contribution in [3.05, 3.63) is 18.2 Å². The molecule has 1 fully saturated rings. The maximum absolute atomic E-state index is 11.7. The number of nitrogens with one attached hydrogen (secondary N) is 1. The molecule has 90 valence electrons. The number of rotatable bonds is 1. The minimum atomic E-state index is -0.391. The predicted octanol–water partition coefficient (Wildman–Crippen LogP) is 0.624. The molecule has 2 amide bonds. The van der Waals surface area contributed by atoms with E-state index < -0.39 is 6.10 Å². The van der Waals surface area contributed by atoms with Gasteiger partial charge in [0.2, 0.25) is 6.79 Å². The second kappa shape index (κ2) is 3.81. The van der Waals surface area contributed by atoms with Gasteiger partial charge in [-0.2, -0.15) is 0 Å². The van der Waals surface area contributed by atoms with Crippen molar-refractivity contribution in [1.29, 1.82) is 0 Å². The van der Waals surface area contributed by atoms with Crippen LogP contribution in [0, 0.1) is 0 Å². The minimum absolute atomic E-state index is 0.213. The third-order valence-electron chi connectivity index (χ3n) is 2.77. The average Bonchev–Trinajstić information content (AvgIpc) is 2.71. The Balaban J connectivity index is 1.67. The van der Waals surface area contributed by atoms with Crippen LogP contribution < -0.4 is 14.8 Å². The standard InChI is InChI=1S/C11H12N2O4/c14-8-4-13(5-8)11(15)12-7-1-2-9-10(3-7)17-6-16-9/h1-3,8,14H,4-6H2,(H,12,15).